The molecule has 6 heteroatoms. The minimum atomic E-state index is -0.852. The first-order valence-electron chi connectivity index (χ1n) is 25.8. The van der Waals surface area contributed by atoms with E-state index < -0.39 is 12.1 Å². The Morgan fingerprint density at radius 3 is 1.20 bits per heavy atom. The average molecular weight is 830 g/mol. The number of esters is 1. The van der Waals surface area contributed by atoms with Crippen LogP contribution in [0.2, 0.25) is 0 Å². The lowest BCUT2D eigenvalue weighted by Gasteiger charge is -2.20. The molecule has 0 aromatic rings. The Morgan fingerprint density at radius 2 is 0.797 bits per heavy atom. The lowest BCUT2D eigenvalue weighted by molar-refractivity contribution is -0.143. The summed E-state index contributed by atoms with van der Waals surface area (Å²) < 4.78 is 5.46. The van der Waals surface area contributed by atoms with Crippen molar-refractivity contribution in [3.05, 3.63) is 36.5 Å². The summed E-state index contributed by atoms with van der Waals surface area (Å²) in [6.07, 6.45) is 58.7. The van der Waals surface area contributed by atoms with Gasteiger partial charge >= 0.3 is 5.97 Å². The number of carbonyl (C=O) groups excluding carboxylic acids is 2. The number of aliphatic hydroxyl groups excluding tert-OH is 2. The van der Waals surface area contributed by atoms with E-state index in [2.05, 4.69) is 43.5 Å². The van der Waals surface area contributed by atoms with Crippen molar-refractivity contribution in [3.63, 3.8) is 0 Å². The van der Waals surface area contributed by atoms with E-state index >= 15 is 0 Å². The SMILES string of the molecule is CCCCCCCCC/C=C\CCCCCCCCCC(=O)OCCCCCC/C=C\CCCCCCCCCC(=O)NC(CO)C(O)/C=C/CCCCCCCCC. The molecule has 2 unspecified atom stereocenters. The highest BCUT2D eigenvalue weighted by Gasteiger charge is 2.18. The third-order valence-corrected chi connectivity index (χ3v) is 11.6. The van der Waals surface area contributed by atoms with Crippen molar-refractivity contribution in [1.29, 1.82) is 0 Å². The van der Waals surface area contributed by atoms with Crippen LogP contribution in [-0.4, -0.2) is 47.4 Å². The van der Waals surface area contributed by atoms with Crippen LogP contribution in [0.3, 0.4) is 0 Å². The second-order valence-corrected chi connectivity index (χ2v) is 17.5. The molecule has 0 aliphatic carbocycles. The number of amides is 1. The quantitative estimate of drug-likeness (QED) is 0.0323. The molecular weight excluding hydrogens is 731 g/mol. The van der Waals surface area contributed by atoms with Crippen molar-refractivity contribution < 1.29 is 24.5 Å². The number of allylic oxidation sites excluding steroid dienone is 5. The molecular formula is C53H99NO5. The summed E-state index contributed by atoms with van der Waals surface area (Å²) in [6.45, 7) is 4.83. The van der Waals surface area contributed by atoms with Crippen LogP contribution in [0.15, 0.2) is 36.5 Å². The largest absolute Gasteiger partial charge is 0.466 e. The van der Waals surface area contributed by atoms with Gasteiger partial charge in [-0.3, -0.25) is 9.59 Å². The average Bonchev–Trinajstić information content (AvgIpc) is 3.24. The molecule has 0 radical (unpaired) electrons. The third kappa shape index (κ3) is 45.4. The number of hydrogen-bond donors (Lipinski definition) is 3. The molecule has 1 amide bonds. The van der Waals surface area contributed by atoms with E-state index in [1.54, 1.807) is 6.08 Å². The standard InChI is InChI=1S/C53H99NO5/c1-3-5-7-9-11-13-14-15-16-17-18-21-24-27-31-35-39-43-47-53(58)59-48-44-40-36-32-28-25-22-19-20-23-26-30-34-38-42-46-52(57)54-50(49-55)51(56)45-41-37-33-29-12-10-8-6-4-2/h16-17,22,25,41,45,50-51,55-56H,3-15,18-21,23-24,26-40,42-44,46-49H2,1-2H3,(H,54,57)/b17-16-,25-22-,45-41+. The molecule has 0 spiro atoms. The first-order chi connectivity index (χ1) is 29.0. The van der Waals surface area contributed by atoms with Crippen LogP contribution < -0.4 is 5.32 Å². The zero-order valence-electron chi connectivity index (χ0n) is 39.2. The molecule has 2 atom stereocenters. The zero-order valence-corrected chi connectivity index (χ0v) is 39.2. The molecule has 0 saturated heterocycles. The molecule has 0 aromatic carbocycles. The van der Waals surface area contributed by atoms with E-state index in [1.807, 2.05) is 6.08 Å². The summed E-state index contributed by atoms with van der Waals surface area (Å²) in [6, 6.07) is -0.637. The van der Waals surface area contributed by atoms with Gasteiger partial charge in [-0.1, -0.05) is 204 Å². The normalized spacial score (nSPS) is 12.9. The summed E-state index contributed by atoms with van der Waals surface area (Å²) >= 11 is 0. The van der Waals surface area contributed by atoms with Gasteiger partial charge in [0.05, 0.1) is 25.4 Å². The fraction of sp³-hybridized carbons (Fsp3) is 0.849. The van der Waals surface area contributed by atoms with Crippen LogP contribution in [0.5, 0.6) is 0 Å². The number of rotatable bonds is 47. The van der Waals surface area contributed by atoms with E-state index in [0.717, 1.165) is 70.6 Å². The number of hydrogen-bond acceptors (Lipinski definition) is 5. The van der Waals surface area contributed by atoms with Gasteiger partial charge in [0.25, 0.3) is 0 Å². The number of carbonyl (C=O) groups is 2. The van der Waals surface area contributed by atoms with Gasteiger partial charge in [0.2, 0.25) is 5.91 Å². The van der Waals surface area contributed by atoms with Crippen LogP contribution in [0.1, 0.15) is 264 Å². The molecule has 346 valence electrons. The van der Waals surface area contributed by atoms with Crippen LogP contribution in [-0.2, 0) is 14.3 Å². The van der Waals surface area contributed by atoms with E-state index in [9.17, 15) is 19.8 Å². The molecule has 0 aromatic heterocycles. The van der Waals surface area contributed by atoms with E-state index in [0.29, 0.717) is 19.4 Å². The van der Waals surface area contributed by atoms with Crippen molar-refractivity contribution in [2.24, 2.45) is 0 Å². The highest BCUT2D eigenvalue weighted by molar-refractivity contribution is 5.76. The first kappa shape index (κ1) is 57.1. The lowest BCUT2D eigenvalue weighted by atomic mass is 10.1. The minimum Gasteiger partial charge on any atom is -0.466 e. The maximum absolute atomic E-state index is 12.4. The van der Waals surface area contributed by atoms with Gasteiger partial charge in [-0.15, -0.1) is 0 Å². The second kappa shape index (κ2) is 48.7. The van der Waals surface area contributed by atoms with Crippen molar-refractivity contribution in [1.82, 2.24) is 5.32 Å². The van der Waals surface area contributed by atoms with Crippen LogP contribution in [0.4, 0.5) is 0 Å². The summed E-state index contributed by atoms with van der Waals surface area (Å²) in [7, 11) is 0. The topological polar surface area (TPSA) is 95.9 Å². The van der Waals surface area contributed by atoms with Gasteiger partial charge in [-0.05, 0) is 83.5 Å². The third-order valence-electron chi connectivity index (χ3n) is 11.6. The Hall–Kier alpha value is -1.92. The molecule has 0 aliphatic heterocycles. The van der Waals surface area contributed by atoms with Crippen LogP contribution >= 0.6 is 0 Å². The lowest BCUT2D eigenvalue weighted by Crippen LogP contribution is -2.45. The van der Waals surface area contributed by atoms with Gasteiger partial charge in [0.1, 0.15) is 0 Å². The zero-order chi connectivity index (χ0) is 43.0. The Kier molecular flexibility index (Phi) is 47.2. The highest BCUT2D eigenvalue weighted by Crippen LogP contribution is 2.14. The fourth-order valence-corrected chi connectivity index (χ4v) is 7.62. The Morgan fingerprint density at radius 1 is 0.458 bits per heavy atom. The van der Waals surface area contributed by atoms with Crippen molar-refractivity contribution in [2.45, 2.75) is 276 Å². The van der Waals surface area contributed by atoms with Gasteiger partial charge < -0.3 is 20.3 Å². The van der Waals surface area contributed by atoms with Crippen molar-refractivity contribution in [3.8, 4) is 0 Å². The van der Waals surface area contributed by atoms with E-state index in [1.165, 1.54) is 167 Å². The summed E-state index contributed by atoms with van der Waals surface area (Å²) in [5.74, 6) is -0.102. The number of aliphatic hydroxyl groups is 2. The van der Waals surface area contributed by atoms with Gasteiger partial charge in [0, 0.05) is 12.8 Å². The predicted molar refractivity (Wildman–Crippen MR) is 255 cm³/mol. The maximum Gasteiger partial charge on any atom is 0.305 e. The molecule has 0 aliphatic rings. The molecule has 3 N–H and O–H groups in total. The Bertz CT molecular complexity index is 962. The van der Waals surface area contributed by atoms with Gasteiger partial charge in [-0.25, -0.2) is 0 Å². The van der Waals surface area contributed by atoms with Crippen molar-refractivity contribution >= 4 is 11.9 Å². The second-order valence-electron chi connectivity index (χ2n) is 17.5. The Labute approximate surface area is 366 Å². The summed E-state index contributed by atoms with van der Waals surface area (Å²) in [5.41, 5.74) is 0. The molecule has 0 fully saturated rings. The van der Waals surface area contributed by atoms with Gasteiger partial charge in [0.15, 0.2) is 0 Å². The molecule has 6 nitrogen and oxygen atoms in total. The number of unbranched alkanes of at least 4 members (excludes halogenated alkanes) is 32. The van der Waals surface area contributed by atoms with Crippen LogP contribution in [0.25, 0.3) is 0 Å². The monoisotopic (exact) mass is 830 g/mol. The van der Waals surface area contributed by atoms with Crippen LogP contribution in [0, 0.1) is 0 Å². The van der Waals surface area contributed by atoms with Crippen molar-refractivity contribution in [2.75, 3.05) is 13.2 Å². The molecule has 0 saturated carbocycles. The molecule has 0 bridgehead atoms. The van der Waals surface area contributed by atoms with Gasteiger partial charge in [-0.2, -0.15) is 0 Å². The number of nitrogens with one attached hydrogen (secondary N) is 1. The molecule has 0 heterocycles. The highest BCUT2D eigenvalue weighted by atomic mass is 16.5. The number of ether oxygens (including phenoxy) is 1. The summed E-state index contributed by atoms with van der Waals surface area (Å²) in [4.78, 5) is 24.4. The maximum atomic E-state index is 12.4. The van der Waals surface area contributed by atoms with E-state index in [-0.39, 0.29) is 18.5 Å². The fourth-order valence-electron chi connectivity index (χ4n) is 7.62. The smallest absolute Gasteiger partial charge is 0.305 e. The molecule has 0 rings (SSSR count). The summed E-state index contributed by atoms with van der Waals surface area (Å²) in [5, 5.41) is 22.9. The predicted octanol–water partition coefficient (Wildman–Crippen LogP) is 15.3. The van der Waals surface area contributed by atoms with E-state index in [4.69, 9.17) is 4.74 Å². The minimum absolute atomic E-state index is 0.0151. The first-order valence-corrected chi connectivity index (χ1v) is 25.8. The Balaban J connectivity index is 3.46. The molecule has 59 heavy (non-hydrogen) atoms.